The zero-order valence-corrected chi connectivity index (χ0v) is 9.41. The Morgan fingerprint density at radius 2 is 1.94 bits per heavy atom. The minimum absolute atomic E-state index is 0.0559. The van der Waals surface area contributed by atoms with Crippen molar-refractivity contribution < 1.29 is 22.4 Å². The van der Waals surface area contributed by atoms with Crippen LogP contribution in [0.3, 0.4) is 0 Å². The number of carbonyl (C=O) groups excluding carboxylic acids is 1. The van der Waals surface area contributed by atoms with Crippen LogP contribution in [0.4, 0.5) is 17.6 Å². The summed E-state index contributed by atoms with van der Waals surface area (Å²) < 4.78 is 48.4. The fourth-order valence-corrected chi connectivity index (χ4v) is 1.49. The van der Waals surface area contributed by atoms with Gasteiger partial charge in [-0.15, -0.1) is 0 Å². The van der Waals surface area contributed by atoms with Crippen LogP contribution in [0.5, 0.6) is 0 Å². The summed E-state index contributed by atoms with van der Waals surface area (Å²) in [6.07, 6.45) is -5.04. The van der Waals surface area contributed by atoms with Gasteiger partial charge in [-0.05, 0) is 30.5 Å². The second kappa shape index (κ2) is 5.49. The molecule has 0 saturated carbocycles. The van der Waals surface area contributed by atoms with Gasteiger partial charge < -0.3 is 0 Å². The highest BCUT2D eigenvalue weighted by molar-refractivity contribution is 6.30. The van der Waals surface area contributed by atoms with E-state index in [9.17, 15) is 22.4 Å². The van der Waals surface area contributed by atoms with Crippen LogP contribution in [0.15, 0.2) is 18.2 Å². The Morgan fingerprint density at radius 1 is 1.29 bits per heavy atom. The average Bonchev–Trinajstić information content (AvgIpc) is 2.22. The maximum Gasteiger partial charge on any atom is 0.449 e. The third-order valence-electron chi connectivity index (χ3n) is 2.17. The van der Waals surface area contributed by atoms with Crippen LogP contribution < -0.4 is 0 Å². The molecule has 0 aliphatic rings. The SMILES string of the molecule is O=C(CCCc1ccc(F)c(Cl)c1)C(F)(F)F. The molecule has 1 aromatic carbocycles. The first-order valence-electron chi connectivity index (χ1n) is 4.84. The van der Waals surface area contributed by atoms with Gasteiger partial charge in [0.1, 0.15) is 5.82 Å². The molecule has 0 aliphatic carbocycles. The van der Waals surface area contributed by atoms with Crippen LogP contribution in [0.1, 0.15) is 18.4 Å². The minimum Gasteiger partial charge on any atom is -0.290 e. The highest BCUT2D eigenvalue weighted by atomic mass is 35.5. The number of aryl methyl sites for hydroxylation is 1. The molecule has 0 aliphatic heterocycles. The Balaban J connectivity index is 2.46. The Morgan fingerprint density at radius 3 is 2.47 bits per heavy atom. The van der Waals surface area contributed by atoms with Gasteiger partial charge in [-0.2, -0.15) is 13.2 Å². The summed E-state index contributed by atoms with van der Waals surface area (Å²) in [6, 6.07) is 3.91. The smallest absolute Gasteiger partial charge is 0.290 e. The summed E-state index contributed by atoms with van der Waals surface area (Å²) in [7, 11) is 0. The third-order valence-corrected chi connectivity index (χ3v) is 2.46. The molecule has 0 radical (unpaired) electrons. The molecule has 0 N–H and O–H groups in total. The molecule has 0 spiro atoms. The van der Waals surface area contributed by atoms with Gasteiger partial charge in [0, 0.05) is 6.42 Å². The van der Waals surface area contributed by atoms with Gasteiger partial charge in [0.05, 0.1) is 5.02 Å². The molecule has 0 unspecified atom stereocenters. The van der Waals surface area contributed by atoms with Gasteiger partial charge >= 0.3 is 6.18 Å². The largest absolute Gasteiger partial charge is 0.449 e. The lowest BCUT2D eigenvalue weighted by Gasteiger charge is -2.05. The number of ketones is 1. The van der Waals surface area contributed by atoms with Crippen LogP contribution in [-0.4, -0.2) is 12.0 Å². The predicted molar refractivity (Wildman–Crippen MR) is 55.4 cm³/mol. The molecule has 0 bridgehead atoms. The van der Waals surface area contributed by atoms with Crippen molar-refractivity contribution in [3.05, 3.63) is 34.6 Å². The van der Waals surface area contributed by atoms with Crippen LogP contribution >= 0.6 is 11.6 Å². The van der Waals surface area contributed by atoms with E-state index < -0.39 is 24.2 Å². The number of hydrogen-bond acceptors (Lipinski definition) is 1. The lowest BCUT2D eigenvalue weighted by atomic mass is 10.1. The predicted octanol–water partition coefficient (Wildman–Crippen LogP) is 3.93. The van der Waals surface area contributed by atoms with Gasteiger partial charge in [0.25, 0.3) is 0 Å². The summed E-state index contributed by atoms with van der Waals surface area (Å²) in [4.78, 5) is 10.6. The number of hydrogen-bond donors (Lipinski definition) is 0. The van der Waals surface area contributed by atoms with Crippen molar-refractivity contribution in [3.8, 4) is 0 Å². The first-order valence-corrected chi connectivity index (χ1v) is 5.22. The van der Waals surface area contributed by atoms with E-state index in [1.54, 1.807) is 0 Å². The number of carbonyl (C=O) groups is 1. The second-order valence-corrected chi connectivity index (χ2v) is 3.93. The molecule has 0 amide bonds. The van der Waals surface area contributed by atoms with Gasteiger partial charge in [-0.25, -0.2) is 4.39 Å². The molecule has 0 fully saturated rings. The van der Waals surface area contributed by atoms with E-state index in [1.165, 1.54) is 12.1 Å². The van der Waals surface area contributed by atoms with Crippen molar-refractivity contribution in [1.82, 2.24) is 0 Å². The highest BCUT2D eigenvalue weighted by Crippen LogP contribution is 2.21. The maximum atomic E-state index is 12.8. The van der Waals surface area contributed by atoms with E-state index in [-0.39, 0.29) is 17.9 Å². The Bertz CT molecular complexity index is 414. The molecule has 1 rings (SSSR count). The molecular weight excluding hydrogens is 260 g/mol. The standard InChI is InChI=1S/C11H9ClF4O/c12-8-6-7(4-5-9(8)13)2-1-3-10(17)11(14,15)16/h4-6H,1-3H2. The number of halogens is 5. The van der Waals surface area contributed by atoms with E-state index in [1.807, 2.05) is 0 Å². The quantitative estimate of drug-likeness (QED) is 0.756. The van der Waals surface area contributed by atoms with E-state index in [0.717, 1.165) is 6.07 Å². The van der Waals surface area contributed by atoms with Crippen molar-refractivity contribution in [2.45, 2.75) is 25.4 Å². The van der Waals surface area contributed by atoms with E-state index >= 15 is 0 Å². The number of alkyl halides is 3. The van der Waals surface area contributed by atoms with E-state index in [2.05, 4.69) is 0 Å². The van der Waals surface area contributed by atoms with Crippen LogP contribution in [0.2, 0.25) is 5.02 Å². The van der Waals surface area contributed by atoms with Crippen molar-refractivity contribution in [2.24, 2.45) is 0 Å². The first kappa shape index (κ1) is 14.0. The molecule has 1 aromatic rings. The zero-order valence-electron chi connectivity index (χ0n) is 8.65. The van der Waals surface area contributed by atoms with Crippen molar-refractivity contribution in [3.63, 3.8) is 0 Å². The minimum atomic E-state index is -4.78. The topological polar surface area (TPSA) is 17.1 Å². The summed E-state index contributed by atoms with van der Waals surface area (Å²) in [5.41, 5.74) is 0.603. The Labute approximate surface area is 100 Å². The number of Topliss-reactive ketones (excluding diaryl/α,β-unsaturated/α-hetero) is 1. The number of benzene rings is 1. The molecule has 0 aromatic heterocycles. The molecule has 6 heteroatoms. The lowest BCUT2D eigenvalue weighted by Crippen LogP contribution is -2.22. The maximum absolute atomic E-state index is 12.8. The third kappa shape index (κ3) is 4.34. The monoisotopic (exact) mass is 268 g/mol. The molecule has 1 nitrogen and oxygen atoms in total. The van der Waals surface area contributed by atoms with Gasteiger partial charge in [0.15, 0.2) is 0 Å². The van der Waals surface area contributed by atoms with Crippen LogP contribution in [-0.2, 0) is 11.2 Å². The molecule has 0 atom stereocenters. The van der Waals surface area contributed by atoms with Gasteiger partial charge in [0.2, 0.25) is 5.78 Å². The van der Waals surface area contributed by atoms with Gasteiger partial charge in [-0.3, -0.25) is 4.79 Å². The van der Waals surface area contributed by atoms with Crippen molar-refractivity contribution in [2.75, 3.05) is 0 Å². The molecule has 0 saturated heterocycles. The molecular formula is C11H9ClF4O. The second-order valence-electron chi connectivity index (χ2n) is 3.52. The normalized spacial score (nSPS) is 11.6. The average molecular weight is 269 g/mol. The van der Waals surface area contributed by atoms with Crippen molar-refractivity contribution >= 4 is 17.4 Å². The lowest BCUT2D eigenvalue weighted by molar-refractivity contribution is -0.171. The Kier molecular flexibility index (Phi) is 4.51. The molecule has 94 valence electrons. The van der Waals surface area contributed by atoms with Gasteiger partial charge in [-0.1, -0.05) is 17.7 Å². The number of rotatable bonds is 4. The van der Waals surface area contributed by atoms with Crippen LogP contribution in [0, 0.1) is 5.82 Å². The summed E-state index contributed by atoms with van der Waals surface area (Å²) in [6.45, 7) is 0. The molecule has 0 heterocycles. The van der Waals surface area contributed by atoms with E-state index in [0.29, 0.717) is 5.56 Å². The van der Waals surface area contributed by atoms with Crippen LogP contribution in [0.25, 0.3) is 0 Å². The Hall–Kier alpha value is -1.10. The summed E-state index contributed by atoms with van der Waals surface area (Å²) in [5, 5.41) is -0.0790. The summed E-state index contributed by atoms with van der Waals surface area (Å²) >= 11 is 5.51. The summed E-state index contributed by atoms with van der Waals surface area (Å²) in [5.74, 6) is -2.33. The fraction of sp³-hybridized carbons (Fsp3) is 0.364. The van der Waals surface area contributed by atoms with E-state index in [4.69, 9.17) is 11.6 Å². The molecule has 17 heavy (non-hydrogen) atoms. The highest BCUT2D eigenvalue weighted by Gasteiger charge is 2.37. The van der Waals surface area contributed by atoms with Crippen molar-refractivity contribution in [1.29, 1.82) is 0 Å². The first-order chi connectivity index (χ1) is 7.80. The zero-order chi connectivity index (χ0) is 13.1. The fourth-order valence-electron chi connectivity index (χ4n) is 1.29.